The summed E-state index contributed by atoms with van der Waals surface area (Å²) in [5.74, 6) is 0.639. The Bertz CT molecular complexity index is 875. The second-order valence-corrected chi connectivity index (χ2v) is 7.57. The van der Waals surface area contributed by atoms with Crippen molar-refractivity contribution < 1.29 is 13.2 Å². The van der Waals surface area contributed by atoms with Gasteiger partial charge in [0.2, 0.25) is 16.0 Å². The fourth-order valence-electron chi connectivity index (χ4n) is 2.83. The van der Waals surface area contributed by atoms with Crippen molar-refractivity contribution in [2.24, 2.45) is 5.14 Å². The van der Waals surface area contributed by atoms with Gasteiger partial charge in [-0.25, -0.2) is 28.3 Å². The van der Waals surface area contributed by atoms with E-state index in [-0.39, 0.29) is 10.9 Å². The van der Waals surface area contributed by atoms with E-state index in [1.165, 1.54) is 18.2 Å². The first kappa shape index (κ1) is 18.1. The highest BCUT2D eigenvalue weighted by Crippen LogP contribution is 2.16. The van der Waals surface area contributed by atoms with E-state index in [9.17, 15) is 13.2 Å². The summed E-state index contributed by atoms with van der Waals surface area (Å²) in [6.45, 7) is 1.44. The van der Waals surface area contributed by atoms with Gasteiger partial charge in [-0.2, -0.15) is 0 Å². The molecule has 0 radical (unpaired) electrons. The van der Waals surface area contributed by atoms with Gasteiger partial charge in [0.25, 0.3) is 0 Å². The summed E-state index contributed by atoms with van der Waals surface area (Å²) in [6, 6.07) is 7.10. The van der Waals surface area contributed by atoms with Crippen molar-refractivity contribution in [3.63, 3.8) is 0 Å². The summed E-state index contributed by atoms with van der Waals surface area (Å²) < 4.78 is 22.8. The van der Waals surface area contributed by atoms with Crippen molar-refractivity contribution in [2.75, 3.05) is 23.3 Å². The summed E-state index contributed by atoms with van der Waals surface area (Å²) in [5, 5.41) is 10.6. The maximum Gasteiger partial charge on any atom is 0.319 e. The molecule has 3 rings (SSSR count). The summed E-state index contributed by atoms with van der Waals surface area (Å²) in [4.78, 5) is 22.7. The summed E-state index contributed by atoms with van der Waals surface area (Å²) in [6.07, 6.45) is 5.12. The van der Waals surface area contributed by atoms with Crippen LogP contribution in [0.25, 0.3) is 0 Å². The molecule has 1 saturated heterocycles. The van der Waals surface area contributed by atoms with Crippen LogP contribution in [0.5, 0.6) is 0 Å². The third-order valence-corrected chi connectivity index (χ3v) is 4.92. The van der Waals surface area contributed by atoms with Crippen LogP contribution >= 0.6 is 0 Å². The fraction of sp³-hybridized carbons (Fsp3) is 0.312. The number of nitrogens with zero attached hydrogens (tertiary/aromatic N) is 3. The van der Waals surface area contributed by atoms with Crippen LogP contribution in [0.3, 0.4) is 0 Å². The molecule has 0 bridgehead atoms. The Kier molecular flexibility index (Phi) is 5.33. The average molecular weight is 376 g/mol. The van der Waals surface area contributed by atoms with Crippen LogP contribution in [0.2, 0.25) is 0 Å². The number of carbonyl (C=O) groups is 1. The van der Waals surface area contributed by atoms with Crippen molar-refractivity contribution >= 4 is 27.7 Å². The number of nitrogens with one attached hydrogen (secondary N) is 2. The van der Waals surface area contributed by atoms with Crippen LogP contribution in [0.4, 0.5) is 16.4 Å². The second-order valence-electron chi connectivity index (χ2n) is 6.01. The minimum absolute atomic E-state index is 0.0552. The SMILES string of the molecule is NS(=O)(=O)c1cccc(NC(=O)NC2CCCN(c3ncccn3)C2)c1. The van der Waals surface area contributed by atoms with Crippen molar-refractivity contribution in [2.45, 2.75) is 23.8 Å². The van der Waals surface area contributed by atoms with Gasteiger partial charge < -0.3 is 15.5 Å². The number of piperidine rings is 1. The van der Waals surface area contributed by atoms with Gasteiger partial charge in [0.05, 0.1) is 4.90 Å². The molecular weight excluding hydrogens is 356 g/mol. The molecule has 4 N–H and O–H groups in total. The molecule has 1 aromatic carbocycles. The molecule has 1 atom stereocenters. The molecule has 1 aliphatic rings. The summed E-state index contributed by atoms with van der Waals surface area (Å²) in [5.41, 5.74) is 0.355. The molecule has 2 heterocycles. The second kappa shape index (κ2) is 7.67. The van der Waals surface area contributed by atoms with Crippen molar-refractivity contribution in [1.82, 2.24) is 15.3 Å². The number of carbonyl (C=O) groups excluding carboxylic acids is 1. The lowest BCUT2D eigenvalue weighted by molar-refractivity contribution is 0.246. The number of urea groups is 1. The van der Waals surface area contributed by atoms with Crippen LogP contribution in [0.1, 0.15) is 12.8 Å². The highest BCUT2D eigenvalue weighted by Gasteiger charge is 2.23. The number of amides is 2. The Morgan fingerprint density at radius 1 is 1.23 bits per heavy atom. The molecule has 2 aromatic rings. The molecule has 1 aromatic heterocycles. The summed E-state index contributed by atoms with van der Waals surface area (Å²) in [7, 11) is -3.82. The van der Waals surface area contributed by atoms with Crippen molar-refractivity contribution in [1.29, 1.82) is 0 Å². The van der Waals surface area contributed by atoms with Crippen LogP contribution in [-0.4, -0.2) is 43.5 Å². The Hall–Kier alpha value is -2.72. The standard InChI is InChI=1S/C16H20N6O3S/c17-26(24,25)14-6-1-4-12(10-14)20-16(23)21-13-5-2-9-22(11-13)15-18-7-3-8-19-15/h1,3-4,6-8,10,13H,2,5,9,11H2,(H2,17,24,25)(H2,20,21,23). The van der Waals surface area contributed by atoms with Crippen LogP contribution in [0, 0.1) is 0 Å². The van der Waals surface area contributed by atoms with Crippen LogP contribution < -0.4 is 20.7 Å². The van der Waals surface area contributed by atoms with Gasteiger partial charge in [-0.15, -0.1) is 0 Å². The van der Waals surface area contributed by atoms with E-state index in [1.807, 2.05) is 4.90 Å². The van der Waals surface area contributed by atoms with Gasteiger partial charge in [0.15, 0.2) is 0 Å². The van der Waals surface area contributed by atoms with Crippen molar-refractivity contribution in [3.05, 3.63) is 42.7 Å². The zero-order valence-electron chi connectivity index (χ0n) is 14.0. The molecule has 0 spiro atoms. The highest BCUT2D eigenvalue weighted by atomic mass is 32.2. The van der Waals surface area contributed by atoms with E-state index < -0.39 is 16.1 Å². The topological polar surface area (TPSA) is 130 Å². The van der Waals surface area contributed by atoms with Crippen LogP contribution in [-0.2, 0) is 10.0 Å². The largest absolute Gasteiger partial charge is 0.339 e. The number of aromatic nitrogens is 2. The van der Waals surface area contributed by atoms with Gasteiger partial charge in [0, 0.05) is 37.2 Å². The number of primary sulfonamides is 1. The number of anilines is 2. The first-order chi connectivity index (χ1) is 12.4. The minimum atomic E-state index is -3.82. The number of hydrogen-bond acceptors (Lipinski definition) is 6. The zero-order valence-corrected chi connectivity index (χ0v) is 14.8. The van der Waals surface area contributed by atoms with E-state index >= 15 is 0 Å². The van der Waals surface area contributed by atoms with E-state index in [4.69, 9.17) is 5.14 Å². The number of sulfonamides is 1. The van der Waals surface area contributed by atoms with Gasteiger partial charge in [-0.05, 0) is 37.1 Å². The third-order valence-electron chi connectivity index (χ3n) is 4.01. The van der Waals surface area contributed by atoms with E-state index in [1.54, 1.807) is 24.5 Å². The maximum atomic E-state index is 12.2. The predicted molar refractivity (Wildman–Crippen MR) is 97.2 cm³/mol. The lowest BCUT2D eigenvalue weighted by atomic mass is 10.1. The Morgan fingerprint density at radius 2 is 2.00 bits per heavy atom. The quantitative estimate of drug-likeness (QED) is 0.727. The number of nitrogens with two attached hydrogens (primary N) is 1. The van der Waals surface area contributed by atoms with Gasteiger partial charge in [-0.1, -0.05) is 6.07 Å². The Labute approximate surface area is 151 Å². The molecule has 9 nitrogen and oxygen atoms in total. The molecular formula is C16H20N6O3S. The number of benzene rings is 1. The van der Waals surface area contributed by atoms with Crippen molar-refractivity contribution in [3.8, 4) is 0 Å². The van der Waals surface area contributed by atoms with Gasteiger partial charge in [0.1, 0.15) is 0 Å². The molecule has 1 aliphatic heterocycles. The molecule has 138 valence electrons. The lowest BCUT2D eigenvalue weighted by Crippen LogP contribution is -2.49. The Balaban J connectivity index is 1.60. The molecule has 0 saturated carbocycles. The minimum Gasteiger partial charge on any atom is -0.339 e. The summed E-state index contributed by atoms with van der Waals surface area (Å²) >= 11 is 0. The maximum absolute atomic E-state index is 12.2. The monoisotopic (exact) mass is 376 g/mol. The highest BCUT2D eigenvalue weighted by molar-refractivity contribution is 7.89. The molecule has 0 aliphatic carbocycles. The predicted octanol–water partition coefficient (Wildman–Crippen LogP) is 0.914. The van der Waals surface area contributed by atoms with Gasteiger partial charge in [-0.3, -0.25) is 0 Å². The average Bonchev–Trinajstić information content (AvgIpc) is 2.62. The molecule has 2 amide bonds. The fourth-order valence-corrected chi connectivity index (χ4v) is 3.39. The zero-order chi connectivity index (χ0) is 18.6. The van der Waals surface area contributed by atoms with E-state index in [0.717, 1.165) is 19.4 Å². The Morgan fingerprint density at radius 3 is 2.73 bits per heavy atom. The molecule has 1 unspecified atom stereocenters. The normalized spacial score (nSPS) is 17.6. The first-order valence-electron chi connectivity index (χ1n) is 8.14. The molecule has 10 heteroatoms. The van der Waals surface area contributed by atoms with E-state index in [2.05, 4.69) is 20.6 Å². The molecule has 26 heavy (non-hydrogen) atoms. The lowest BCUT2D eigenvalue weighted by Gasteiger charge is -2.33. The van der Waals surface area contributed by atoms with Gasteiger partial charge >= 0.3 is 6.03 Å². The first-order valence-corrected chi connectivity index (χ1v) is 9.69. The van der Waals surface area contributed by atoms with E-state index in [0.29, 0.717) is 18.2 Å². The molecule has 1 fully saturated rings. The third kappa shape index (κ3) is 4.67. The number of rotatable bonds is 4. The number of hydrogen-bond donors (Lipinski definition) is 3. The smallest absolute Gasteiger partial charge is 0.319 e. The van der Waals surface area contributed by atoms with Crippen LogP contribution in [0.15, 0.2) is 47.6 Å².